The van der Waals surface area contributed by atoms with Crippen LogP contribution in [0.3, 0.4) is 0 Å². The molecule has 0 aromatic heterocycles. The van der Waals surface area contributed by atoms with E-state index in [9.17, 15) is 4.79 Å². The van der Waals surface area contributed by atoms with Crippen molar-refractivity contribution in [2.75, 3.05) is 13.7 Å². The van der Waals surface area contributed by atoms with Crippen molar-refractivity contribution in [1.29, 1.82) is 0 Å². The first kappa shape index (κ1) is 18.3. The van der Waals surface area contributed by atoms with E-state index in [1.165, 1.54) is 7.11 Å². The van der Waals surface area contributed by atoms with Gasteiger partial charge in [-0.2, -0.15) is 0 Å². The number of unbranched alkanes of at least 4 members (excludes halogenated alkanes) is 2. The molecule has 17 heavy (non-hydrogen) atoms. The lowest BCUT2D eigenvalue weighted by molar-refractivity contribution is -0.137. The third-order valence-electron chi connectivity index (χ3n) is 1.52. The molecule has 0 bridgehead atoms. The molecular formula is C9H18N2O4S2. The van der Waals surface area contributed by atoms with Crippen LogP contribution in [0, 0.1) is 0 Å². The first-order chi connectivity index (χ1) is 7.90. The topological polar surface area (TPSA) is 102 Å². The summed E-state index contributed by atoms with van der Waals surface area (Å²) in [4.78, 5) is 19.2. The highest BCUT2D eigenvalue weighted by Crippen LogP contribution is 1.98. The Labute approximate surface area is 111 Å². The Morgan fingerprint density at radius 1 is 1.41 bits per heavy atom. The van der Waals surface area contributed by atoms with Gasteiger partial charge in [-0.3, -0.25) is 9.59 Å². The molecular weight excluding hydrogens is 264 g/mol. The van der Waals surface area contributed by atoms with Gasteiger partial charge in [0.25, 0.3) is 10.4 Å². The van der Waals surface area contributed by atoms with E-state index in [0.717, 1.165) is 25.8 Å². The van der Waals surface area contributed by atoms with Gasteiger partial charge in [-0.1, -0.05) is 19.0 Å². The van der Waals surface area contributed by atoms with E-state index < -0.39 is 11.2 Å². The molecule has 100 valence electrons. The molecule has 0 unspecified atom stereocenters. The van der Waals surface area contributed by atoms with Gasteiger partial charge in [0, 0.05) is 13.0 Å². The summed E-state index contributed by atoms with van der Waals surface area (Å²) in [6, 6.07) is 0. The van der Waals surface area contributed by atoms with Crippen LogP contribution in [-0.2, 0) is 9.53 Å². The van der Waals surface area contributed by atoms with Crippen LogP contribution in [0.25, 0.3) is 0 Å². The number of carboxylic acid groups (broad SMARTS) is 1. The van der Waals surface area contributed by atoms with Crippen LogP contribution >= 0.6 is 24.8 Å². The first-order valence-corrected chi connectivity index (χ1v) is 5.77. The van der Waals surface area contributed by atoms with Crippen molar-refractivity contribution in [2.24, 2.45) is 5.73 Å². The monoisotopic (exact) mass is 282 g/mol. The van der Waals surface area contributed by atoms with E-state index >= 15 is 0 Å². The molecule has 0 aliphatic rings. The highest BCUT2D eigenvalue weighted by atomic mass is 32.1. The number of thiol groups is 1. The van der Waals surface area contributed by atoms with Crippen LogP contribution in [0.4, 0.5) is 4.79 Å². The maximum Gasteiger partial charge on any atom is 0.303 e. The summed E-state index contributed by atoms with van der Waals surface area (Å²) >= 11 is 7.85. The summed E-state index contributed by atoms with van der Waals surface area (Å²) in [6.07, 6.45) is 2.77. The van der Waals surface area contributed by atoms with Gasteiger partial charge in [0.05, 0.1) is 7.11 Å². The van der Waals surface area contributed by atoms with E-state index in [4.69, 9.17) is 26.9 Å². The van der Waals surface area contributed by atoms with Crippen LogP contribution < -0.4 is 11.1 Å². The number of methoxy groups -OCH3 is 1. The SMILES string of the molecule is COC(=S)NCCCCCC(=O)O.NC(=O)S. The number of ether oxygens (including phenoxy) is 1. The zero-order chi connectivity index (χ0) is 13.7. The van der Waals surface area contributed by atoms with Gasteiger partial charge in [0.1, 0.15) is 0 Å². The van der Waals surface area contributed by atoms with E-state index in [0.29, 0.717) is 5.17 Å². The molecule has 0 atom stereocenters. The number of nitrogens with one attached hydrogen (secondary N) is 1. The molecule has 0 spiro atoms. The van der Waals surface area contributed by atoms with Gasteiger partial charge < -0.3 is 20.9 Å². The molecule has 0 saturated carbocycles. The fraction of sp³-hybridized carbons (Fsp3) is 0.667. The smallest absolute Gasteiger partial charge is 0.303 e. The van der Waals surface area contributed by atoms with Gasteiger partial charge in [-0.05, 0) is 25.1 Å². The summed E-state index contributed by atoms with van der Waals surface area (Å²) in [7, 11) is 1.51. The Bertz CT molecular complexity index is 245. The molecule has 1 amide bonds. The number of nitrogens with two attached hydrogens (primary N) is 1. The number of aliphatic carboxylic acids is 1. The summed E-state index contributed by atoms with van der Waals surface area (Å²) in [5.74, 6) is -0.736. The van der Waals surface area contributed by atoms with E-state index in [2.05, 4.69) is 23.7 Å². The lowest BCUT2D eigenvalue weighted by Crippen LogP contribution is -2.23. The largest absolute Gasteiger partial charge is 0.481 e. The lowest BCUT2D eigenvalue weighted by atomic mass is 10.2. The van der Waals surface area contributed by atoms with E-state index in [1.807, 2.05) is 0 Å². The Morgan fingerprint density at radius 3 is 2.35 bits per heavy atom. The molecule has 0 aliphatic heterocycles. The van der Waals surface area contributed by atoms with Gasteiger partial charge in [-0.25, -0.2) is 0 Å². The van der Waals surface area contributed by atoms with Crippen molar-refractivity contribution >= 4 is 41.2 Å². The summed E-state index contributed by atoms with van der Waals surface area (Å²) in [5, 5.41) is 11.0. The Kier molecular flexibility index (Phi) is 14.1. The number of primary amides is 1. The van der Waals surface area contributed by atoms with Gasteiger partial charge >= 0.3 is 5.97 Å². The second-order valence-electron chi connectivity index (χ2n) is 2.96. The third kappa shape index (κ3) is 25.3. The Hall–Kier alpha value is -1.02. The minimum absolute atomic E-state index is 0.245. The van der Waals surface area contributed by atoms with Crippen LogP contribution in [0.1, 0.15) is 25.7 Å². The number of carbonyl (C=O) groups excluding carboxylic acids is 1. The van der Waals surface area contributed by atoms with E-state index in [1.54, 1.807) is 0 Å². The molecule has 0 aliphatic carbocycles. The maximum atomic E-state index is 10.1. The Balaban J connectivity index is 0. The predicted octanol–water partition coefficient (Wildman–Crippen LogP) is 1.15. The standard InChI is InChI=1S/C8H15NO3S.CH3NOS/c1-12-8(13)9-6-4-2-3-5-7(10)11;2-1(3)4/h2-6H2,1H3,(H,9,13)(H,10,11);(H3,2,3,4). The summed E-state index contributed by atoms with van der Waals surface area (Å²) in [5.41, 5.74) is 4.34. The quantitative estimate of drug-likeness (QED) is 0.331. The van der Waals surface area contributed by atoms with Crippen LogP contribution in [0.5, 0.6) is 0 Å². The number of amides is 1. The first-order valence-electron chi connectivity index (χ1n) is 4.92. The molecule has 0 aromatic rings. The predicted molar refractivity (Wildman–Crippen MR) is 72.3 cm³/mol. The molecule has 0 heterocycles. The molecule has 0 saturated heterocycles. The highest BCUT2D eigenvalue weighted by molar-refractivity contribution is 7.96. The number of rotatable bonds is 6. The van der Waals surface area contributed by atoms with Crippen molar-refractivity contribution in [3.63, 3.8) is 0 Å². The average Bonchev–Trinajstić information content (AvgIpc) is 2.21. The maximum absolute atomic E-state index is 10.1. The number of hydrogen-bond donors (Lipinski definition) is 4. The average molecular weight is 282 g/mol. The van der Waals surface area contributed by atoms with Crippen molar-refractivity contribution in [1.82, 2.24) is 5.32 Å². The number of thiocarbonyl (C=S) groups is 1. The molecule has 0 radical (unpaired) electrons. The summed E-state index contributed by atoms with van der Waals surface area (Å²) < 4.78 is 4.72. The molecule has 0 fully saturated rings. The number of carbonyl (C=O) groups is 2. The number of carboxylic acids is 1. The molecule has 4 N–H and O–H groups in total. The van der Waals surface area contributed by atoms with Crippen LogP contribution in [0.15, 0.2) is 0 Å². The Morgan fingerprint density at radius 2 is 1.94 bits per heavy atom. The minimum Gasteiger partial charge on any atom is -0.481 e. The van der Waals surface area contributed by atoms with Crippen molar-refractivity contribution < 1.29 is 19.4 Å². The molecule has 8 heteroatoms. The normalized spacial score (nSPS) is 8.59. The van der Waals surface area contributed by atoms with Crippen LogP contribution in [-0.4, -0.2) is 35.1 Å². The fourth-order valence-corrected chi connectivity index (χ4v) is 0.943. The molecule has 0 aromatic carbocycles. The lowest BCUT2D eigenvalue weighted by Gasteiger charge is -2.04. The molecule has 0 rings (SSSR count). The summed E-state index contributed by atoms with van der Waals surface area (Å²) in [6.45, 7) is 0.742. The fourth-order valence-electron chi connectivity index (χ4n) is 0.841. The van der Waals surface area contributed by atoms with Crippen molar-refractivity contribution in [3.8, 4) is 0 Å². The van der Waals surface area contributed by atoms with Gasteiger partial charge in [-0.15, -0.1) is 0 Å². The molecule has 6 nitrogen and oxygen atoms in total. The zero-order valence-corrected chi connectivity index (χ0v) is 11.4. The minimum atomic E-state index is -0.736. The number of hydrogen-bond acceptors (Lipinski definition) is 4. The van der Waals surface area contributed by atoms with Crippen molar-refractivity contribution in [2.45, 2.75) is 25.7 Å². The third-order valence-corrected chi connectivity index (χ3v) is 1.83. The second kappa shape index (κ2) is 13.0. The highest BCUT2D eigenvalue weighted by Gasteiger charge is 1.96. The van der Waals surface area contributed by atoms with Gasteiger partial charge in [0.15, 0.2) is 0 Å². The van der Waals surface area contributed by atoms with E-state index in [-0.39, 0.29) is 6.42 Å². The van der Waals surface area contributed by atoms with Crippen LogP contribution in [0.2, 0.25) is 0 Å². The van der Waals surface area contributed by atoms with Gasteiger partial charge in [0.2, 0.25) is 0 Å². The van der Waals surface area contributed by atoms with Crippen molar-refractivity contribution in [3.05, 3.63) is 0 Å². The second-order valence-corrected chi connectivity index (χ2v) is 3.77. The zero-order valence-electron chi connectivity index (χ0n) is 9.64.